The van der Waals surface area contributed by atoms with Crippen molar-refractivity contribution in [3.05, 3.63) is 120 Å². The number of aryl methyl sites for hydroxylation is 1. The molecule has 1 aromatic heterocycles. The number of fused-ring (bicyclic) bond motifs is 3. The standard InChI is InChI=1S/C30H24N2O4S/c1-18(33)36-22-13-10-19(11-14-22)16-26-29(34)32-28(21-7-5-8-23(17-21)35-2)25-15-12-20-6-3-4-9-24(20)27(25)31-30(32)37-26/h3-11,13-14,16-17,28H,12,15H2,1-2H3/b26-16+/t28-/m0/s1. The molecule has 0 fully saturated rings. The number of esters is 1. The molecule has 184 valence electrons. The number of hydrogen-bond donors (Lipinski definition) is 0. The predicted octanol–water partition coefficient (Wildman–Crippen LogP) is 4.25. The first-order valence-electron chi connectivity index (χ1n) is 12.1. The number of ether oxygens (including phenoxy) is 2. The Morgan fingerprint density at radius 1 is 1.03 bits per heavy atom. The third-order valence-corrected chi connectivity index (χ3v) is 7.70. The zero-order valence-corrected chi connectivity index (χ0v) is 21.2. The molecule has 0 saturated carbocycles. The number of methoxy groups -OCH3 is 1. The lowest BCUT2D eigenvalue weighted by molar-refractivity contribution is -0.131. The minimum atomic E-state index is -0.371. The van der Waals surface area contributed by atoms with Crippen LogP contribution in [-0.2, 0) is 11.2 Å². The minimum Gasteiger partial charge on any atom is -0.497 e. The number of rotatable bonds is 4. The average molecular weight is 509 g/mol. The summed E-state index contributed by atoms with van der Waals surface area (Å²) in [5, 5.41) is 0. The lowest BCUT2D eigenvalue weighted by Gasteiger charge is -2.31. The van der Waals surface area contributed by atoms with Crippen LogP contribution >= 0.6 is 11.3 Å². The summed E-state index contributed by atoms with van der Waals surface area (Å²) in [6, 6.07) is 23.2. The van der Waals surface area contributed by atoms with Gasteiger partial charge < -0.3 is 9.47 Å². The van der Waals surface area contributed by atoms with E-state index in [1.807, 2.05) is 47.0 Å². The van der Waals surface area contributed by atoms with Crippen molar-refractivity contribution in [1.29, 1.82) is 0 Å². The monoisotopic (exact) mass is 508 g/mol. The highest BCUT2D eigenvalue weighted by molar-refractivity contribution is 7.07. The Bertz CT molecular complexity index is 1750. The van der Waals surface area contributed by atoms with E-state index in [0.717, 1.165) is 46.6 Å². The molecule has 6 rings (SSSR count). The van der Waals surface area contributed by atoms with Crippen molar-refractivity contribution >= 4 is 29.1 Å². The Hall–Kier alpha value is -4.23. The minimum absolute atomic E-state index is 0.0777. The third-order valence-electron chi connectivity index (χ3n) is 6.72. The number of carbonyl (C=O) groups excluding carboxylic acids is 1. The molecule has 0 unspecified atom stereocenters. The molecule has 0 amide bonds. The van der Waals surface area contributed by atoms with Gasteiger partial charge in [0.1, 0.15) is 11.5 Å². The fourth-order valence-corrected chi connectivity index (χ4v) is 6.08. The number of aromatic nitrogens is 1. The number of thiazole rings is 1. The van der Waals surface area contributed by atoms with Gasteiger partial charge in [0, 0.05) is 12.5 Å². The van der Waals surface area contributed by atoms with Crippen molar-refractivity contribution in [2.45, 2.75) is 25.8 Å². The molecule has 2 aliphatic rings. The van der Waals surface area contributed by atoms with Gasteiger partial charge in [-0.3, -0.25) is 14.2 Å². The van der Waals surface area contributed by atoms with E-state index in [1.54, 1.807) is 19.2 Å². The van der Waals surface area contributed by atoms with Crippen molar-refractivity contribution in [3.63, 3.8) is 0 Å². The molecule has 0 radical (unpaired) electrons. The highest BCUT2D eigenvalue weighted by Crippen LogP contribution is 2.41. The van der Waals surface area contributed by atoms with Gasteiger partial charge in [0.2, 0.25) is 0 Å². The molecule has 0 bridgehead atoms. The maximum Gasteiger partial charge on any atom is 0.308 e. The van der Waals surface area contributed by atoms with Crippen LogP contribution < -0.4 is 24.4 Å². The number of nitrogens with zero attached hydrogens (tertiary/aromatic N) is 2. The van der Waals surface area contributed by atoms with E-state index in [0.29, 0.717) is 15.1 Å². The first kappa shape index (κ1) is 23.2. The van der Waals surface area contributed by atoms with Crippen LogP contribution in [0.4, 0.5) is 0 Å². The first-order chi connectivity index (χ1) is 18.0. The summed E-state index contributed by atoms with van der Waals surface area (Å²) in [4.78, 5) is 30.8. The van der Waals surface area contributed by atoms with Crippen molar-refractivity contribution in [1.82, 2.24) is 4.57 Å². The molecule has 0 N–H and O–H groups in total. The van der Waals surface area contributed by atoms with Crippen LogP contribution in [-0.4, -0.2) is 17.6 Å². The molecule has 7 heteroatoms. The molecular weight excluding hydrogens is 484 g/mol. The van der Waals surface area contributed by atoms with Gasteiger partial charge in [0.25, 0.3) is 5.56 Å². The van der Waals surface area contributed by atoms with Crippen LogP contribution in [0.1, 0.15) is 41.6 Å². The number of hydrogen-bond acceptors (Lipinski definition) is 6. The molecule has 2 heterocycles. The van der Waals surface area contributed by atoms with Crippen LogP contribution in [0.3, 0.4) is 0 Å². The summed E-state index contributed by atoms with van der Waals surface area (Å²) < 4.78 is 13.1. The Morgan fingerprint density at radius 2 is 1.84 bits per heavy atom. The maximum atomic E-state index is 13.8. The largest absolute Gasteiger partial charge is 0.497 e. The molecule has 1 atom stereocenters. The van der Waals surface area contributed by atoms with Gasteiger partial charge in [0.15, 0.2) is 4.80 Å². The van der Waals surface area contributed by atoms with Gasteiger partial charge in [-0.15, -0.1) is 0 Å². The van der Waals surface area contributed by atoms with E-state index in [9.17, 15) is 9.59 Å². The number of carbonyl (C=O) groups is 1. The summed E-state index contributed by atoms with van der Waals surface area (Å²) in [6.07, 6.45) is 3.60. The van der Waals surface area contributed by atoms with Crippen molar-refractivity contribution in [2.24, 2.45) is 4.99 Å². The fraction of sp³-hybridized carbons (Fsp3) is 0.167. The zero-order valence-electron chi connectivity index (χ0n) is 20.4. The molecule has 37 heavy (non-hydrogen) atoms. The van der Waals surface area contributed by atoms with Gasteiger partial charge in [-0.2, -0.15) is 0 Å². The van der Waals surface area contributed by atoms with Gasteiger partial charge in [0.05, 0.1) is 23.4 Å². The topological polar surface area (TPSA) is 69.9 Å². The van der Waals surface area contributed by atoms with Crippen molar-refractivity contribution in [2.75, 3.05) is 7.11 Å². The quantitative estimate of drug-likeness (QED) is 0.305. The highest BCUT2D eigenvalue weighted by atomic mass is 32.1. The summed E-state index contributed by atoms with van der Waals surface area (Å²) >= 11 is 1.39. The molecular formula is C30H24N2O4S. The molecule has 1 aliphatic heterocycles. The fourth-order valence-electron chi connectivity index (χ4n) is 5.08. The summed E-state index contributed by atoms with van der Waals surface area (Å²) in [6.45, 7) is 1.37. The van der Waals surface area contributed by atoms with Crippen LogP contribution in [0.25, 0.3) is 11.8 Å². The normalized spacial score (nSPS) is 16.4. The van der Waals surface area contributed by atoms with Gasteiger partial charge in [-0.25, -0.2) is 4.99 Å². The van der Waals surface area contributed by atoms with Gasteiger partial charge >= 0.3 is 5.97 Å². The Kier molecular flexibility index (Phi) is 5.85. The van der Waals surface area contributed by atoms with Crippen LogP contribution in [0.2, 0.25) is 0 Å². The van der Waals surface area contributed by atoms with E-state index in [1.165, 1.54) is 23.8 Å². The Labute approximate surface area is 217 Å². The summed E-state index contributed by atoms with van der Waals surface area (Å²) in [7, 11) is 1.65. The molecule has 6 nitrogen and oxygen atoms in total. The second-order valence-corrected chi connectivity index (χ2v) is 10.1. The predicted molar refractivity (Wildman–Crippen MR) is 143 cm³/mol. The van der Waals surface area contributed by atoms with E-state index >= 15 is 0 Å². The third kappa shape index (κ3) is 4.21. The molecule has 0 saturated heterocycles. The SMILES string of the molecule is COc1cccc([C@H]2C3=C(N=c4s/c(=C/c5ccc(OC(C)=O)cc5)c(=O)n42)c2ccccc2CC3)c1. The van der Waals surface area contributed by atoms with Crippen LogP contribution in [0, 0.1) is 0 Å². The Balaban J connectivity index is 1.54. The van der Waals surface area contributed by atoms with Crippen LogP contribution in [0.5, 0.6) is 11.5 Å². The van der Waals surface area contributed by atoms with E-state index in [-0.39, 0.29) is 17.6 Å². The first-order valence-corrected chi connectivity index (χ1v) is 12.9. The lowest BCUT2D eigenvalue weighted by atomic mass is 9.83. The summed E-state index contributed by atoms with van der Waals surface area (Å²) in [5.74, 6) is 0.850. The van der Waals surface area contributed by atoms with E-state index < -0.39 is 0 Å². The average Bonchev–Trinajstić information content (AvgIpc) is 3.22. The van der Waals surface area contributed by atoms with Crippen molar-refractivity contribution < 1.29 is 14.3 Å². The smallest absolute Gasteiger partial charge is 0.308 e. The van der Waals surface area contributed by atoms with E-state index in [4.69, 9.17) is 14.5 Å². The second kappa shape index (κ2) is 9.33. The zero-order chi connectivity index (χ0) is 25.5. The molecule has 4 aromatic rings. The Morgan fingerprint density at radius 3 is 2.62 bits per heavy atom. The summed E-state index contributed by atoms with van der Waals surface area (Å²) in [5.41, 5.74) is 6.29. The number of allylic oxidation sites excluding steroid dienone is 1. The van der Waals surface area contributed by atoms with E-state index in [2.05, 4.69) is 24.3 Å². The molecule has 0 spiro atoms. The van der Waals surface area contributed by atoms with Gasteiger partial charge in [-0.1, -0.05) is 59.9 Å². The molecule has 3 aromatic carbocycles. The number of benzene rings is 3. The maximum absolute atomic E-state index is 13.8. The second-order valence-electron chi connectivity index (χ2n) is 9.05. The lowest BCUT2D eigenvalue weighted by Crippen LogP contribution is -2.38. The van der Waals surface area contributed by atoms with Gasteiger partial charge in [-0.05, 0) is 65.4 Å². The van der Waals surface area contributed by atoms with Crippen LogP contribution in [0.15, 0.2) is 88.2 Å². The van der Waals surface area contributed by atoms with Crippen molar-refractivity contribution in [3.8, 4) is 11.5 Å². The molecule has 1 aliphatic carbocycles. The highest BCUT2D eigenvalue weighted by Gasteiger charge is 2.32.